The highest BCUT2D eigenvalue weighted by Gasteiger charge is 2.30. The number of ether oxygens (including phenoxy) is 2. The zero-order chi connectivity index (χ0) is 13.8. The molecule has 1 aliphatic heterocycles. The molecule has 2 rings (SSSR count). The first-order valence-electron chi connectivity index (χ1n) is 6.46. The molecule has 19 heavy (non-hydrogen) atoms. The van der Waals surface area contributed by atoms with Crippen molar-refractivity contribution in [3.8, 4) is 5.75 Å². The van der Waals surface area contributed by atoms with Crippen molar-refractivity contribution in [3.05, 3.63) is 29.3 Å². The summed E-state index contributed by atoms with van der Waals surface area (Å²) in [5.41, 5.74) is 4.55. The van der Waals surface area contributed by atoms with Crippen molar-refractivity contribution in [3.63, 3.8) is 0 Å². The van der Waals surface area contributed by atoms with Gasteiger partial charge in [0.2, 0.25) is 0 Å². The van der Waals surface area contributed by atoms with E-state index in [0.29, 0.717) is 13.0 Å². The molecule has 5 nitrogen and oxygen atoms in total. The highest BCUT2D eigenvalue weighted by molar-refractivity contribution is 5.80. The van der Waals surface area contributed by atoms with Crippen LogP contribution < -0.4 is 16.0 Å². The highest BCUT2D eigenvalue weighted by Crippen LogP contribution is 2.22. The normalized spacial score (nSPS) is 22.3. The van der Waals surface area contributed by atoms with Gasteiger partial charge in [0.15, 0.2) is 0 Å². The fourth-order valence-corrected chi connectivity index (χ4v) is 2.11. The minimum absolute atomic E-state index is 0.0519. The number of rotatable bonds is 4. The van der Waals surface area contributed by atoms with Crippen LogP contribution in [0.4, 0.5) is 0 Å². The Balaban J connectivity index is 1.83. The summed E-state index contributed by atoms with van der Waals surface area (Å²) in [4.78, 5) is 11.3. The second-order valence-corrected chi connectivity index (χ2v) is 4.89. The first kappa shape index (κ1) is 13.8. The number of aryl methyl sites for hydroxylation is 2. The molecule has 0 saturated carbocycles. The van der Waals surface area contributed by atoms with Crippen LogP contribution in [-0.2, 0) is 9.53 Å². The number of hydrogen-bond donors (Lipinski definition) is 2. The molecule has 0 bridgehead atoms. The van der Waals surface area contributed by atoms with Gasteiger partial charge < -0.3 is 9.47 Å². The molecule has 1 fully saturated rings. The fraction of sp³-hybridized carbons (Fsp3) is 0.500. The average Bonchev–Trinajstić information content (AvgIpc) is 2.88. The molecular formula is C14H20N2O3. The third kappa shape index (κ3) is 3.45. The maximum atomic E-state index is 11.3. The molecule has 0 spiro atoms. The van der Waals surface area contributed by atoms with E-state index in [9.17, 15) is 4.79 Å². The summed E-state index contributed by atoms with van der Waals surface area (Å²) in [7, 11) is 0. The van der Waals surface area contributed by atoms with Crippen LogP contribution in [0.2, 0.25) is 0 Å². The van der Waals surface area contributed by atoms with Crippen molar-refractivity contribution in [2.45, 2.75) is 38.9 Å². The van der Waals surface area contributed by atoms with E-state index in [0.717, 1.165) is 12.2 Å². The first-order valence-corrected chi connectivity index (χ1v) is 6.46. The van der Waals surface area contributed by atoms with Gasteiger partial charge in [0.25, 0.3) is 5.91 Å². The van der Waals surface area contributed by atoms with Crippen LogP contribution in [0, 0.1) is 13.8 Å². The highest BCUT2D eigenvalue weighted by atomic mass is 16.5. The van der Waals surface area contributed by atoms with E-state index in [2.05, 4.69) is 19.3 Å². The van der Waals surface area contributed by atoms with E-state index in [-0.39, 0.29) is 12.0 Å². The molecular weight excluding hydrogens is 244 g/mol. The molecule has 5 heteroatoms. The van der Waals surface area contributed by atoms with Crippen molar-refractivity contribution in [1.29, 1.82) is 0 Å². The molecule has 104 valence electrons. The van der Waals surface area contributed by atoms with Crippen LogP contribution >= 0.6 is 0 Å². The van der Waals surface area contributed by atoms with Gasteiger partial charge in [-0.25, -0.2) is 5.84 Å². The molecule has 0 radical (unpaired) electrons. The molecule has 0 aliphatic carbocycles. The number of hydrogen-bond acceptors (Lipinski definition) is 4. The van der Waals surface area contributed by atoms with E-state index in [4.69, 9.17) is 15.3 Å². The van der Waals surface area contributed by atoms with E-state index < -0.39 is 6.10 Å². The van der Waals surface area contributed by atoms with Crippen molar-refractivity contribution >= 4 is 5.91 Å². The van der Waals surface area contributed by atoms with Gasteiger partial charge in [-0.2, -0.15) is 0 Å². The van der Waals surface area contributed by atoms with E-state index in [1.807, 2.05) is 18.2 Å². The van der Waals surface area contributed by atoms with Crippen LogP contribution in [0.25, 0.3) is 0 Å². The number of nitrogens with one attached hydrogen (secondary N) is 1. The lowest BCUT2D eigenvalue weighted by molar-refractivity contribution is -0.132. The van der Waals surface area contributed by atoms with Gasteiger partial charge in [-0.15, -0.1) is 0 Å². The van der Waals surface area contributed by atoms with Gasteiger partial charge in [-0.3, -0.25) is 10.2 Å². The number of benzene rings is 1. The van der Waals surface area contributed by atoms with Crippen molar-refractivity contribution in [2.75, 3.05) is 6.61 Å². The van der Waals surface area contributed by atoms with E-state index in [1.165, 1.54) is 11.1 Å². The number of hydrazine groups is 1. The zero-order valence-electron chi connectivity index (χ0n) is 11.3. The Labute approximate surface area is 113 Å². The first-order chi connectivity index (χ1) is 9.10. The molecule has 1 amide bonds. The maximum absolute atomic E-state index is 11.3. The Hall–Kier alpha value is -1.59. The van der Waals surface area contributed by atoms with Gasteiger partial charge in [0, 0.05) is 0 Å². The largest absolute Gasteiger partial charge is 0.491 e. The molecule has 2 atom stereocenters. The van der Waals surface area contributed by atoms with E-state index >= 15 is 0 Å². The predicted molar refractivity (Wildman–Crippen MR) is 71.6 cm³/mol. The molecule has 1 aliphatic rings. The van der Waals surface area contributed by atoms with Gasteiger partial charge in [-0.05, 0) is 49.9 Å². The SMILES string of the molecule is Cc1ccc(OCC2CCC(C(=O)NN)O2)cc1C. The van der Waals surface area contributed by atoms with Crippen LogP contribution in [0.15, 0.2) is 18.2 Å². The number of carbonyl (C=O) groups excluding carboxylic acids is 1. The molecule has 1 heterocycles. The lowest BCUT2D eigenvalue weighted by Crippen LogP contribution is -2.39. The smallest absolute Gasteiger partial charge is 0.263 e. The summed E-state index contributed by atoms with van der Waals surface area (Å²) in [5.74, 6) is 5.64. The van der Waals surface area contributed by atoms with Crippen molar-refractivity contribution in [2.24, 2.45) is 5.84 Å². The monoisotopic (exact) mass is 264 g/mol. The maximum Gasteiger partial charge on any atom is 0.263 e. The lowest BCUT2D eigenvalue weighted by Gasteiger charge is -2.14. The summed E-state index contributed by atoms with van der Waals surface area (Å²) in [6.07, 6.45) is 0.995. The lowest BCUT2D eigenvalue weighted by atomic mass is 10.1. The fourth-order valence-electron chi connectivity index (χ4n) is 2.11. The van der Waals surface area contributed by atoms with Gasteiger partial charge in [0.05, 0.1) is 6.10 Å². The Morgan fingerprint density at radius 2 is 2.21 bits per heavy atom. The Morgan fingerprint density at radius 3 is 2.89 bits per heavy atom. The van der Waals surface area contributed by atoms with Crippen molar-refractivity contribution < 1.29 is 14.3 Å². The van der Waals surface area contributed by atoms with Gasteiger partial charge in [-0.1, -0.05) is 6.07 Å². The summed E-state index contributed by atoms with van der Waals surface area (Å²) < 4.78 is 11.3. The molecule has 2 unspecified atom stereocenters. The van der Waals surface area contributed by atoms with Crippen molar-refractivity contribution in [1.82, 2.24) is 5.43 Å². The van der Waals surface area contributed by atoms with Crippen LogP contribution in [0.1, 0.15) is 24.0 Å². The summed E-state index contributed by atoms with van der Waals surface area (Å²) in [6.45, 7) is 4.57. The Bertz CT molecular complexity index is 462. The third-order valence-electron chi connectivity index (χ3n) is 3.46. The second-order valence-electron chi connectivity index (χ2n) is 4.89. The third-order valence-corrected chi connectivity index (χ3v) is 3.46. The minimum Gasteiger partial charge on any atom is -0.491 e. The summed E-state index contributed by atoms with van der Waals surface area (Å²) in [6, 6.07) is 5.99. The average molecular weight is 264 g/mol. The topological polar surface area (TPSA) is 73.6 Å². The Kier molecular flexibility index (Phi) is 4.39. The summed E-state index contributed by atoms with van der Waals surface area (Å²) in [5, 5.41) is 0. The molecule has 0 aromatic heterocycles. The van der Waals surface area contributed by atoms with E-state index in [1.54, 1.807) is 0 Å². The quantitative estimate of drug-likeness (QED) is 0.487. The second kappa shape index (κ2) is 6.04. The van der Waals surface area contributed by atoms with Crippen LogP contribution in [0.3, 0.4) is 0 Å². The predicted octanol–water partition coefficient (Wildman–Crippen LogP) is 1.22. The van der Waals surface area contributed by atoms with Crippen LogP contribution in [-0.4, -0.2) is 24.7 Å². The van der Waals surface area contributed by atoms with Gasteiger partial charge in [0.1, 0.15) is 18.5 Å². The standard InChI is InChI=1S/C14H20N2O3/c1-9-3-4-11(7-10(9)2)18-8-12-5-6-13(19-12)14(17)16-15/h3-4,7,12-13H,5-6,8,15H2,1-2H3,(H,16,17). The van der Waals surface area contributed by atoms with Gasteiger partial charge >= 0.3 is 0 Å². The molecule has 1 saturated heterocycles. The number of carbonyl (C=O) groups is 1. The summed E-state index contributed by atoms with van der Waals surface area (Å²) >= 11 is 0. The molecule has 1 aromatic carbocycles. The zero-order valence-corrected chi connectivity index (χ0v) is 11.3. The number of nitrogens with two attached hydrogens (primary N) is 1. The number of amides is 1. The molecule has 1 aromatic rings. The Morgan fingerprint density at radius 1 is 1.42 bits per heavy atom. The molecule has 3 N–H and O–H groups in total. The minimum atomic E-state index is -0.446. The van der Waals surface area contributed by atoms with Crippen LogP contribution in [0.5, 0.6) is 5.75 Å².